The van der Waals surface area contributed by atoms with Crippen LogP contribution in [0.25, 0.3) is 0 Å². The summed E-state index contributed by atoms with van der Waals surface area (Å²) in [5.41, 5.74) is 7.22. The summed E-state index contributed by atoms with van der Waals surface area (Å²) < 4.78 is 1.77. The van der Waals surface area contributed by atoms with E-state index in [1.165, 1.54) is 18.0 Å². The van der Waals surface area contributed by atoms with Crippen molar-refractivity contribution >= 4 is 29.1 Å². The van der Waals surface area contributed by atoms with Gasteiger partial charge in [0.25, 0.3) is 0 Å². The molecular formula is C9H10ClN5S. The predicted octanol–water partition coefficient (Wildman–Crippen LogP) is 1.91. The third kappa shape index (κ3) is 2.28. The fourth-order valence-electron chi connectivity index (χ4n) is 1.22. The summed E-state index contributed by atoms with van der Waals surface area (Å²) in [6.45, 7) is 1.93. The molecule has 84 valence electrons. The van der Waals surface area contributed by atoms with Crippen LogP contribution in [-0.2, 0) is 7.05 Å². The first-order chi connectivity index (χ1) is 7.56. The molecule has 7 heteroatoms. The molecule has 5 nitrogen and oxygen atoms in total. The van der Waals surface area contributed by atoms with Gasteiger partial charge in [-0.3, -0.25) is 4.68 Å². The van der Waals surface area contributed by atoms with Crippen molar-refractivity contribution in [1.82, 2.24) is 19.7 Å². The number of nitrogens with zero attached hydrogens (tertiary/aromatic N) is 4. The third-order valence-electron chi connectivity index (χ3n) is 1.91. The Hall–Kier alpha value is -1.27. The van der Waals surface area contributed by atoms with Crippen LogP contribution in [0.4, 0.5) is 5.69 Å². The molecule has 0 aromatic carbocycles. The van der Waals surface area contributed by atoms with Crippen molar-refractivity contribution < 1.29 is 0 Å². The maximum Gasteiger partial charge on any atom is 0.223 e. The van der Waals surface area contributed by atoms with Gasteiger partial charge in [-0.25, -0.2) is 9.97 Å². The Kier molecular flexibility index (Phi) is 3.02. The lowest BCUT2D eigenvalue weighted by Crippen LogP contribution is -1.97. The molecule has 0 aliphatic rings. The zero-order chi connectivity index (χ0) is 11.7. The fraction of sp³-hybridized carbons (Fsp3) is 0.222. The van der Waals surface area contributed by atoms with E-state index in [1.54, 1.807) is 4.68 Å². The van der Waals surface area contributed by atoms with Crippen LogP contribution >= 0.6 is 23.4 Å². The molecular weight excluding hydrogens is 246 g/mol. The number of aryl methyl sites for hydroxylation is 2. The zero-order valence-corrected chi connectivity index (χ0v) is 10.4. The summed E-state index contributed by atoms with van der Waals surface area (Å²) in [6, 6.07) is 1.96. The highest BCUT2D eigenvalue weighted by atomic mass is 35.5. The summed E-state index contributed by atoms with van der Waals surface area (Å²) in [4.78, 5) is 7.87. The number of aromatic nitrogens is 4. The summed E-state index contributed by atoms with van der Waals surface area (Å²) >= 11 is 7.13. The molecule has 0 unspecified atom stereocenters. The van der Waals surface area contributed by atoms with Gasteiger partial charge in [0.1, 0.15) is 10.1 Å². The smallest absolute Gasteiger partial charge is 0.223 e. The lowest BCUT2D eigenvalue weighted by Gasteiger charge is -2.03. The van der Waals surface area contributed by atoms with Crippen molar-refractivity contribution in [3.05, 3.63) is 23.2 Å². The molecule has 2 heterocycles. The molecule has 0 aliphatic carbocycles. The van der Waals surface area contributed by atoms with Crippen molar-refractivity contribution in [1.29, 1.82) is 0 Å². The van der Waals surface area contributed by atoms with E-state index in [4.69, 9.17) is 17.3 Å². The Morgan fingerprint density at radius 3 is 2.88 bits per heavy atom. The molecule has 0 radical (unpaired) electrons. The maximum atomic E-state index is 5.76. The maximum absolute atomic E-state index is 5.76. The van der Waals surface area contributed by atoms with Crippen LogP contribution in [0.1, 0.15) is 5.69 Å². The van der Waals surface area contributed by atoms with Crippen LogP contribution < -0.4 is 5.73 Å². The highest BCUT2D eigenvalue weighted by Gasteiger charge is 2.09. The number of anilines is 1. The van der Waals surface area contributed by atoms with Gasteiger partial charge in [-0.2, -0.15) is 5.10 Å². The highest BCUT2D eigenvalue weighted by Crippen LogP contribution is 2.30. The second-order valence-corrected chi connectivity index (χ2v) is 4.60. The molecule has 0 amide bonds. The number of rotatable bonds is 2. The van der Waals surface area contributed by atoms with E-state index >= 15 is 0 Å². The normalized spacial score (nSPS) is 10.7. The quantitative estimate of drug-likeness (QED) is 0.656. The fourth-order valence-corrected chi connectivity index (χ4v) is 2.31. The number of hydrogen-bond acceptors (Lipinski definition) is 5. The molecule has 0 fully saturated rings. The Morgan fingerprint density at radius 1 is 1.50 bits per heavy atom. The minimum absolute atomic E-state index is 0.190. The molecule has 0 spiro atoms. The monoisotopic (exact) mass is 255 g/mol. The third-order valence-corrected chi connectivity index (χ3v) is 3.20. The molecule has 2 rings (SSSR count). The molecule has 0 aliphatic heterocycles. The van der Waals surface area contributed by atoms with Crippen LogP contribution in [0.5, 0.6) is 0 Å². The Labute approximate surface area is 102 Å². The highest BCUT2D eigenvalue weighted by molar-refractivity contribution is 7.99. The van der Waals surface area contributed by atoms with Gasteiger partial charge in [0, 0.05) is 7.05 Å². The van der Waals surface area contributed by atoms with Crippen molar-refractivity contribution in [2.45, 2.75) is 17.0 Å². The second-order valence-electron chi connectivity index (χ2n) is 3.25. The van der Waals surface area contributed by atoms with Crippen molar-refractivity contribution in [2.24, 2.45) is 7.05 Å². The number of hydrogen-bond donors (Lipinski definition) is 1. The Bertz CT molecular complexity index is 525. The molecule has 2 N–H and O–H groups in total. The number of nitrogen functional groups attached to an aromatic ring is 1. The second kappa shape index (κ2) is 4.31. The molecule has 16 heavy (non-hydrogen) atoms. The van der Waals surface area contributed by atoms with Gasteiger partial charge < -0.3 is 5.73 Å². The number of nitrogens with two attached hydrogens (primary N) is 1. The summed E-state index contributed by atoms with van der Waals surface area (Å²) in [6.07, 6.45) is 1.50. The van der Waals surface area contributed by atoms with Crippen LogP contribution in [0.2, 0.25) is 5.28 Å². The van der Waals surface area contributed by atoms with E-state index in [0.717, 1.165) is 10.7 Å². The molecule has 2 aromatic rings. The Balaban J connectivity index is 2.33. The topological polar surface area (TPSA) is 69.6 Å². The van der Waals surface area contributed by atoms with E-state index in [-0.39, 0.29) is 5.28 Å². The molecule has 0 atom stereocenters. The van der Waals surface area contributed by atoms with Gasteiger partial charge in [0.2, 0.25) is 5.28 Å². The van der Waals surface area contributed by atoms with E-state index in [9.17, 15) is 0 Å². The van der Waals surface area contributed by atoms with Crippen molar-refractivity contribution in [3.8, 4) is 0 Å². The molecule has 0 saturated carbocycles. The minimum atomic E-state index is 0.190. The van der Waals surface area contributed by atoms with Gasteiger partial charge in [0.15, 0.2) is 0 Å². The van der Waals surface area contributed by atoms with Gasteiger partial charge in [-0.05, 0) is 36.4 Å². The van der Waals surface area contributed by atoms with Gasteiger partial charge in [-0.1, -0.05) is 0 Å². The lowest BCUT2D eigenvalue weighted by atomic mass is 10.5. The summed E-state index contributed by atoms with van der Waals surface area (Å²) in [5.74, 6) is 0. The first-order valence-electron chi connectivity index (χ1n) is 4.53. The summed E-state index contributed by atoms with van der Waals surface area (Å²) in [7, 11) is 1.87. The van der Waals surface area contributed by atoms with E-state index < -0.39 is 0 Å². The average Bonchev–Trinajstić information content (AvgIpc) is 2.51. The molecule has 0 saturated heterocycles. The number of halogens is 1. The van der Waals surface area contributed by atoms with E-state index in [1.807, 2.05) is 20.0 Å². The van der Waals surface area contributed by atoms with Gasteiger partial charge in [-0.15, -0.1) is 0 Å². The predicted molar refractivity (Wildman–Crippen MR) is 63.5 cm³/mol. The standard InChI is InChI=1S/C9H10ClN5S/c1-5-3-7(15(2)14-5)16-8-6(11)4-12-9(10)13-8/h3-4H,11H2,1-2H3. The van der Waals surface area contributed by atoms with E-state index in [0.29, 0.717) is 10.7 Å². The minimum Gasteiger partial charge on any atom is -0.395 e. The van der Waals surface area contributed by atoms with Crippen LogP contribution in [0, 0.1) is 6.92 Å². The Morgan fingerprint density at radius 2 is 2.25 bits per heavy atom. The van der Waals surface area contributed by atoms with Crippen molar-refractivity contribution in [2.75, 3.05) is 5.73 Å². The molecule has 0 bridgehead atoms. The zero-order valence-electron chi connectivity index (χ0n) is 8.81. The summed E-state index contributed by atoms with van der Waals surface area (Å²) in [5, 5.41) is 6.03. The van der Waals surface area contributed by atoms with Crippen LogP contribution in [0.15, 0.2) is 22.3 Å². The van der Waals surface area contributed by atoms with Gasteiger partial charge in [0.05, 0.1) is 17.6 Å². The SMILES string of the molecule is Cc1cc(Sc2nc(Cl)ncc2N)n(C)n1. The van der Waals surface area contributed by atoms with Crippen LogP contribution in [-0.4, -0.2) is 19.7 Å². The van der Waals surface area contributed by atoms with Crippen molar-refractivity contribution in [3.63, 3.8) is 0 Å². The molecule has 2 aromatic heterocycles. The largest absolute Gasteiger partial charge is 0.395 e. The van der Waals surface area contributed by atoms with E-state index in [2.05, 4.69) is 15.1 Å². The first-order valence-corrected chi connectivity index (χ1v) is 5.72. The van der Waals surface area contributed by atoms with Crippen LogP contribution in [0.3, 0.4) is 0 Å². The van der Waals surface area contributed by atoms with Gasteiger partial charge >= 0.3 is 0 Å². The average molecular weight is 256 g/mol. The first kappa shape index (κ1) is 11.2. The lowest BCUT2D eigenvalue weighted by molar-refractivity contribution is 0.692.